The second-order valence-corrected chi connectivity index (χ2v) is 6.71. The molecule has 0 aliphatic rings. The summed E-state index contributed by atoms with van der Waals surface area (Å²) in [5.41, 5.74) is 5.68. The molecule has 5 nitrogen and oxygen atoms in total. The molecule has 1 N–H and O–H groups in total. The first-order valence-electron chi connectivity index (χ1n) is 8.99. The first-order chi connectivity index (χ1) is 13.3. The van der Waals surface area contributed by atoms with Crippen LogP contribution in [-0.2, 0) is 6.54 Å². The van der Waals surface area contributed by atoms with Crippen LogP contribution in [0.4, 0.5) is 11.6 Å². The molecule has 132 valence electrons. The van der Waals surface area contributed by atoms with Gasteiger partial charge >= 0.3 is 0 Å². The first kappa shape index (κ1) is 15.6. The van der Waals surface area contributed by atoms with E-state index in [1.165, 1.54) is 11.1 Å². The Morgan fingerprint density at radius 3 is 2.26 bits per heavy atom. The highest BCUT2D eigenvalue weighted by atomic mass is 15.4. The molecule has 27 heavy (non-hydrogen) atoms. The Bertz CT molecular complexity index is 1220. The van der Waals surface area contributed by atoms with Crippen LogP contribution < -0.4 is 5.32 Å². The Kier molecular flexibility index (Phi) is 3.64. The zero-order valence-electron chi connectivity index (χ0n) is 15.0. The summed E-state index contributed by atoms with van der Waals surface area (Å²) in [4.78, 5) is 0. The van der Waals surface area contributed by atoms with Crippen LogP contribution in [0.3, 0.4) is 0 Å². The van der Waals surface area contributed by atoms with E-state index >= 15 is 0 Å². The van der Waals surface area contributed by atoms with Crippen LogP contribution in [0.25, 0.3) is 16.8 Å². The Morgan fingerprint density at radius 1 is 0.778 bits per heavy atom. The van der Waals surface area contributed by atoms with Crippen molar-refractivity contribution >= 4 is 28.4 Å². The van der Waals surface area contributed by atoms with Gasteiger partial charge in [0.15, 0.2) is 0 Å². The minimum Gasteiger partial charge on any atom is -0.324 e. The summed E-state index contributed by atoms with van der Waals surface area (Å²) in [6, 6.07) is 27.0. The fraction of sp³-hybridized carbons (Fsp3) is 0.0909. The number of nitrogens with one attached hydrogen (secondary N) is 1. The molecule has 0 aliphatic carbocycles. The average molecular weight is 353 g/mol. The number of benzene rings is 3. The van der Waals surface area contributed by atoms with Crippen molar-refractivity contribution in [2.75, 3.05) is 5.32 Å². The predicted molar refractivity (Wildman–Crippen MR) is 108 cm³/mol. The standard InChI is InChI=1S/C22H19N5/c1-16-11-13-18(14-12-16)23-21-24-25-22-26(15-17-7-3-2-4-8-17)19-9-5-6-10-20(19)27(21)22/h2-14H,15H2,1H3,(H,23,24). The number of rotatable bonds is 4. The van der Waals surface area contributed by atoms with Gasteiger partial charge in [-0.05, 0) is 36.8 Å². The number of para-hydroxylation sites is 2. The van der Waals surface area contributed by atoms with Crippen molar-refractivity contribution in [1.29, 1.82) is 0 Å². The van der Waals surface area contributed by atoms with Crippen LogP contribution >= 0.6 is 0 Å². The third-order valence-electron chi connectivity index (χ3n) is 4.79. The van der Waals surface area contributed by atoms with Gasteiger partial charge in [0.1, 0.15) is 0 Å². The van der Waals surface area contributed by atoms with Gasteiger partial charge in [-0.3, -0.25) is 0 Å². The number of anilines is 2. The van der Waals surface area contributed by atoms with Gasteiger partial charge in [-0.2, -0.15) is 0 Å². The number of hydrogen-bond acceptors (Lipinski definition) is 3. The molecular formula is C22H19N5. The molecule has 0 aliphatic heterocycles. The number of aromatic nitrogens is 4. The average Bonchev–Trinajstić information content (AvgIpc) is 3.24. The van der Waals surface area contributed by atoms with Crippen molar-refractivity contribution in [3.63, 3.8) is 0 Å². The highest BCUT2D eigenvalue weighted by Gasteiger charge is 2.16. The zero-order chi connectivity index (χ0) is 18.2. The minimum absolute atomic E-state index is 0.719. The molecule has 0 atom stereocenters. The molecule has 0 bridgehead atoms. The van der Waals surface area contributed by atoms with Crippen LogP contribution in [0, 0.1) is 6.92 Å². The van der Waals surface area contributed by atoms with Gasteiger partial charge in [0.2, 0.25) is 11.7 Å². The van der Waals surface area contributed by atoms with Crippen LogP contribution in [0.2, 0.25) is 0 Å². The quantitative estimate of drug-likeness (QED) is 0.505. The highest BCUT2D eigenvalue weighted by Crippen LogP contribution is 2.26. The number of fused-ring (bicyclic) bond motifs is 3. The van der Waals surface area contributed by atoms with E-state index in [9.17, 15) is 0 Å². The number of nitrogens with zero attached hydrogens (tertiary/aromatic N) is 4. The van der Waals surface area contributed by atoms with Crippen LogP contribution in [0.15, 0.2) is 78.9 Å². The van der Waals surface area contributed by atoms with Crippen molar-refractivity contribution in [3.05, 3.63) is 90.0 Å². The van der Waals surface area contributed by atoms with Crippen molar-refractivity contribution < 1.29 is 0 Å². The predicted octanol–water partition coefficient (Wildman–Crippen LogP) is 4.78. The first-order valence-corrected chi connectivity index (χ1v) is 8.99. The van der Waals surface area contributed by atoms with Crippen molar-refractivity contribution in [2.24, 2.45) is 0 Å². The Balaban J connectivity index is 1.65. The lowest BCUT2D eigenvalue weighted by atomic mass is 10.2. The summed E-state index contributed by atoms with van der Waals surface area (Å²) < 4.78 is 4.29. The van der Waals surface area contributed by atoms with E-state index in [2.05, 4.69) is 98.1 Å². The molecule has 0 fully saturated rings. The van der Waals surface area contributed by atoms with Gasteiger partial charge in [-0.25, -0.2) is 4.40 Å². The molecule has 3 aromatic carbocycles. The summed E-state index contributed by atoms with van der Waals surface area (Å²) >= 11 is 0. The van der Waals surface area contributed by atoms with Gasteiger partial charge < -0.3 is 9.88 Å². The molecule has 0 saturated heterocycles. The Labute approximate surface area is 156 Å². The molecule has 5 rings (SSSR count). The monoisotopic (exact) mass is 353 g/mol. The summed E-state index contributed by atoms with van der Waals surface area (Å²) in [6.45, 7) is 2.83. The lowest BCUT2D eigenvalue weighted by Crippen LogP contribution is -2.00. The third kappa shape index (κ3) is 2.73. The maximum absolute atomic E-state index is 4.48. The van der Waals surface area contributed by atoms with Gasteiger partial charge in [-0.1, -0.05) is 60.2 Å². The van der Waals surface area contributed by atoms with E-state index in [1.807, 2.05) is 12.1 Å². The van der Waals surface area contributed by atoms with Crippen LogP contribution in [0.1, 0.15) is 11.1 Å². The molecular weight excluding hydrogens is 334 g/mol. The summed E-state index contributed by atoms with van der Waals surface area (Å²) in [5.74, 6) is 1.55. The van der Waals surface area contributed by atoms with Crippen molar-refractivity contribution in [1.82, 2.24) is 19.2 Å². The van der Waals surface area contributed by atoms with E-state index < -0.39 is 0 Å². The Morgan fingerprint density at radius 2 is 1.48 bits per heavy atom. The second-order valence-electron chi connectivity index (χ2n) is 6.71. The molecule has 0 unspecified atom stereocenters. The van der Waals surface area contributed by atoms with Crippen molar-refractivity contribution in [2.45, 2.75) is 13.5 Å². The largest absolute Gasteiger partial charge is 0.324 e. The minimum atomic E-state index is 0.719. The molecule has 0 radical (unpaired) electrons. The summed E-state index contributed by atoms with van der Waals surface area (Å²) in [7, 11) is 0. The Hall–Kier alpha value is -3.60. The molecule has 2 heterocycles. The molecule has 0 amide bonds. The lowest BCUT2D eigenvalue weighted by molar-refractivity contribution is 0.839. The molecule has 5 heteroatoms. The molecule has 0 saturated carbocycles. The van der Waals surface area contributed by atoms with Gasteiger partial charge in [0.05, 0.1) is 17.6 Å². The highest BCUT2D eigenvalue weighted by molar-refractivity contribution is 5.83. The van der Waals surface area contributed by atoms with E-state index in [0.29, 0.717) is 0 Å². The van der Waals surface area contributed by atoms with Gasteiger partial charge in [0.25, 0.3) is 0 Å². The fourth-order valence-corrected chi connectivity index (χ4v) is 3.43. The number of hydrogen-bond donors (Lipinski definition) is 1. The second kappa shape index (κ2) is 6.29. The van der Waals surface area contributed by atoms with E-state index in [0.717, 1.165) is 35.0 Å². The molecule has 2 aromatic heterocycles. The topological polar surface area (TPSA) is 47.2 Å². The van der Waals surface area contributed by atoms with Crippen molar-refractivity contribution in [3.8, 4) is 0 Å². The fourth-order valence-electron chi connectivity index (χ4n) is 3.43. The number of aryl methyl sites for hydroxylation is 1. The van der Waals surface area contributed by atoms with E-state index in [4.69, 9.17) is 0 Å². The number of imidazole rings is 1. The smallest absolute Gasteiger partial charge is 0.238 e. The van der Waals surface area contributed by atoms with E-state index in [1.54, 1.807) is 0 Å². The van der Waals surface area contributed by atoms with Crippen LogP contribution in [-0.4, -0.2) is 19.2 Å². The van der Waals surface area contributed by atoms with E-state index in [-0.39, 0.29) is 0 Å². The molecule has 0 spiro atoms. The van der Waals surface area contributed by atoms with Gasteiger partial charge in [0, 0.05) is 5.69 Å². The van der Waals surface area contributed by atoms with Gasteiger partial charge in [-0.15, -0.1) is 10.2 Å². The molecule has 5 aromatic rings. The zero-order valence-corrected chi connectivity index (χ0v) is 15.0. The van der Waals surface area contributed by atoms with Crippen LogP contribution in [0.5, 0.6) is 0 Å². The SMILES string of the molecule is Cc1ccc(Nc2nnc3n(Cc4ccccc4)c4ccccc4n23)cc1. The summed E-state index contributed by atoms with van der Waals surface area (Å²) in [5, 5.41) is 12.3. The lowest BCUT2D eigenvalue weighted by Gasteiger charge is -2.04. The maximum atomic E-state index is 4.48. The summed E-state index contributed by atoms with van der Waals surface area (Å²) in [6.07, 6.45) is 0. The third-order valence-corrected chi connectivity index (χ3v) is 4.79. The normalized spacial score (nSPS) is 11.3. The maximum Gasteiger partial charge on any atom is 0.238 e.